The molecule has 2 aromatic heterocycles. The second kappa shape index (κ2) is 7.85. The molecule has 0 aliphatic rings. The van der Waals surface area contributed by atoms with Crippen LogP contribution in [0, 0.1) is 0 Å². The van der Waals surface area contributed by atoms with Crippen LogP contribution in [0.4, 0.5) is 13.2 Å². The maximum atomic E-state index is 13.0. The lowest BCUT2D eigenvalue weighted by Crippen LogP contribution is -2.33. The molecule has 3 rings (SSSR count). The minimum Gasteiger partial charge on any atom is -0.366 e. The molecule has 0 radical (unpaired) electrons. The van der Waals surface area contributed by atoms with Crippen molar-refractivity contribution in [2.45, 2.75) is 12.7 Å². The molecular formula is C19H16F3N5O3. The van der Waals surface area contributed by atoms with Crippen molar-refractivity contribution in [2.75, 3.05) is 0 Å². The molecule has 0 bridgehead atoms. The zero-order valence-electron chi connectivity index (χ0n) is 15.6. The average Bonchev–Trinajstić information content (AvgIpc) is 3.10. The molecule has 3 aromatic rings. The van der Waals surface area contributed by atoms with E-state index in [2.05, 4.69) is 10.4 Å². The lowest BCUT2D eigenvalue weighted by Gasteiger charge is -2.13. The first-order chi connectivity index (χ1) is 14.1. The molecule has 0 saturated heterocycles. The number of nitrogens with two attached hydrogens (primary N) is 1. The number of aromatic nitrogens is 3. The molecular weight excluding hydrogens is 403 g/mol. The Bertz CT molecular complexity index is 1180. The third-order valence-electron chi connectivity index (χ3n) is 4.21. The van der Waals surface area contributed by atoms with E-state index >= 15 is 0 Å². The Morgan fingerprint density at radius 1 is 1.20 bits per heavy atom. The van der Waals surface area contributed by atoms with Crippen LogP contribution < -0.4 is 16.6 Å². The van der Waals surface area contributed by atoms with Crippen LogP contribution in [0.25, 0.3) is 5.69 Å². The summed E-state index contributed by atoms with van der Waals surface area (Å²) in [6, 6.07) is 4.95. The number of pyridine rings is 1. The van der Waals surface area contributed by atoms with Gasteiger partial charge in [-0.2, -0.15) is 18.3 Å². The van der Waals surface area contributed by atoms with Crippen LogP contribution in [0.5, 0.6) is 0 Å². The number of benzene rings is 1. The number of carbonyl (C=O) groups is 2. The molecule has 1 aromatic carbocycles. The summed E-state index contributed by atoms with van der Waals surface area (Å²) in [6.45, 7) is 0.0521. The number of hydrogen-bond acceptors (Lipinski definition) is 4. The summed E-state index contributed by atoms with van der Waals surface area (Å²) in [5.41, 5.74) is 3.23. The summed E-state index contributed by atoms with van der Waals surface area (Å²) in [6.07, 6.45) is -0.467. The van der Waals surface area contributed by atoms with E-state index in [-0.39, 0.29) is 17.8 Å². The number of nitrogens with one attached hydrogen (secondary N) is 1. The quantitative estimate of drug-likeness (QED) is 0.654. The zero-order chi connectivity index (χ0) is 22.1. The van der Waals surface area contributed by atoms with Gasteiger partial charge in [0, 0.05) is 37.2 Å². The van der Waals surface area contributed by atoms with Crippen LogP contribution in [-0.4, -0.2) is 26.2 Å². The minimum absolute atomic E-state index is 0.0521. The second-order valence-corrected chi connectivity index (χ2v) is 6.43. The molecule has 0 aliphatic carbocycles. The normalized spacial score (nSPS) is 11.3. The fourth-order valence-corrected chi connectivity index (χ4v) is 2.74. The number of alkyl halides is 3. The third-order valence-corrected chi connectivity index (χ3v) is 4.21. The van der Waals surface area contributed by atoms with Gasteiger partial charge in [0.15, 0.2) is 0 Å². The van der Waals surface area contributed by atoms with Crippen molar-refractivity contribution in [2.24, 2.45) is 12.8 Å². The molecule has 11 heteroatoms. The average molecular weight is 419 g/mol. The van der Waals surface area contributed by atoms with E-state index < -0.39 is 34.7 Å². The first-order valence-corrected chi connectivity index (χ1v) is 8.56. The fourth-order valence-electron chi connectivity index (χ4n) is 2.74. The smallest absolute Gasteiger partial charge is 0.366 e. The van der Waals surface area contributed by atoms with Crippen molar-refractivity contribution >= 4 is 11.8 Å². The van der Waals surface area contributed by atoms with Crippen LogP contribution in [0.2, 0.25) is 0 Å². The largest absolute Gasteiger partial charge is 0.416 e. The van der Waals surface area contributed by atoms with E-state index in [9.17, 15) is 27.6 Å². The van der Waals surface area contributed by atoms with E-state index in [1.807, 2.05) is 0 Å². The van der Waals surface area contributed by atoms with Crippen molar-refractivity contribution in [1.29, 1.82) is 0 Å². The highest BCUT2D eigenvalue weighted by Gasteiger charge is 2.30. The highest BCUT2D eigenvalue weighted by molar-refractivity contribution is 5.98. The van der Waals surface area contributed by atoms with E-state index in [0.29, 0.717) is 5.56 Å². The molecule has 0 saturated carbocycles. The summed E-state index contributed by atoms with van der Waals surface area (Å²) in [5, 5.41) is 6.46. The monoisotopic (exact) mass is 419 g/mol. The number of nitrogens with zero attached hydrogens (tertiary/aromatic N) is 3. The van der Waals surface area contributed by atoms with E-state index in [1.54, 1.807) is 13.2 Å². The summed E-state index contributed by atoms with van der Waals surface area (Å²) in [5.74, 6) is -1.76. The number of carbonyl (C=O) groups excluding carboxylic acids is 2. The summed E-state index contributed by atoms with van der Waals surface area (Å²) >= 11 is 0. The zero-order valence-corrected chi connectivity index (χ0v) is 15.6. The van der Waals surface area contributed by atoms with Crippen LogP contribution >= 0.6 is 0 Å². The van der Waals surface area contributed by atoms with Crippen molar-refractivity contribution < 1.29 is 22.8 Å². The highest BCUT2D eigenvalue weighted by atomic mass is 19.4. The Hall–Kier alpha value is -3.89. The first-order valence-electron chi connectivity index (χ1n) is 8.56. The number of rotatable bonds is 5. The molecule has 2 amide bonds. The number of aryl methyl sites for hydroxylation is 1. The molecule has 0 atom stereocenters. The molecule has 0 fully saturated rings. The van der Waals surface area contributed by atoms with Gasteiger partial charge in [0.1, 0.15) is 5.56 Å². The Kier molecular flexibility index (Phi) is 5.45. The number of hydrogen-bond donors (Lipinski definition) is 2. The van der Waals surface area contributed by atoms with Gasteiger partial charge >= 0.3 is 6.18 Å². The predicted octanol–water partition coefficient (Wildman–Crippen LogP) is 1.62. The van der Waals surface area contributed by atoms with Gasteiger partial charge in [0.25, 0.3) is 11.5 Å². The Morgan fingerprint density at radius 3 is 2.53 bits per heavy atom. The van der Waals surface area contributed by atoms with E-state index in [4.69, 9.17) is 5.73 Å². The molecule has 156 valence electrons. The van der Waals surface area contributed by atoms with Gasteiger partial charge in [-0.1, -0.05) is 6.07 Å². The maximum Gasteiger partial charge on any atom is 0.416 e. The fraction of sp³-hybridized carbons (Fsp3) is 0.158. The molecule has 0 aliphatic heterocycles. The van der Waals surface area contributed by atoms with Gasteiger partial charge in [-0.25, -0.2) is 0 Å². The van der Waals surface area contributed by atoms with Crippen LogP contribution in [-0.2, 0) is 19.8 Å². The third kappa shape index (κ3) is 4.40. The number of halogens is 3. The lowest BCUT2D eigenvalue weighted by atomic mass is 10.1. The second-order valence-electron chi connectivity index (χ2n) is 6.43. The Balaban J connectivity index is 2.03. The van der Waals surface area contributed by atoms with E-state index in [1.165, 1.54) is 16.9 Å². The summed E-state index contributed by atoms with van der Waals surface area (Å²) < 4.78 is 41.4. The molecule has 2 heterocycles. The van der Waals surface area contributed by atoms with Crippen LogP contribution in [0.1, 0.15) is 31.8 Å². The summed E-state index contributed by atoms with van der Waals surface area (Å²) in [7, 11) is 1.69. The molecule has 8 nitrogen and oxygen atoms in total. The van der Waals surface area contributed by atoms with Crippen LogP contribution in [0.3, 0.4) is 0 Å². The maximum absolute atomic E-state index is 13.0. The Morgan fingerprint density at radius 2 is 1.93 bits per heavy atom. The van der Waals surface area contributed by atoms with Gasteiger partial charge in [0.2, 0.25) is 5.91 Å². The predicted molar refractivity (Wildman–Crippen MR) is 99.9 cm³/mol. The Labute approximate surface area is 167 Å². The van der Waals surface area contributed by atoms with Gasteiger partial charge in [-0.15, -0.1) is 0 Å². The first kappa shape index (κ1) is 20.8. The molecule has 0 spiro atoms. The van der Waals surface area contributed by atoms with Crippen molar-refractivity contribution in [3.05, 3.63) is 81.5 Å². The van der Waals surface area contributed by atoms with Crippen molar-refractivity contribution in [3.8, 4) is 5.69 Å². The van der Waals surface area contributed by atoms with Gasteiger partial charge < -0.3 is 11.1 Å². The van der Waals surface area contributed by atoms with Gasteiger partial charge in [0.05, 0.1) is 17.3 Å². The molecule has 3 N–H and O–H groups in total. The van der Waals surface area contributed by atoms with Crippen LogP contribution in [0.15, 0.2) is 53.7 Å². The van der Waals surface area contributed by atoms with Crippen molar-refractivity contribution in [3.63, 3.8) is 0 Å². The molecule has 30 heavy (non-hydrogen) atoms. The minimum atomic E-state index is -4.63. The topological polar surface area (TPSA) is 112 Å². The highest BCUT2D eigenvalue weighted by Crippen LogP contribution is 2.30. The number of primary amides is 1. The SMILES string of the molecule is Cn1cc(CNC(=O)c2cc(C(N)=O)cn(-c3cccc(C(F)(F)F)c3)c2=O)cn1. The summed E-state index contributed by atoms with van der Waals surface area (Å²) in [4.78, 5) is 37.0. The van der Waals surface area contributed by atoms with Crippen molar-refractivity contribution in [1.82, 2.24) is 19.7 Å². The molecule has 0 unspecified atom stereocenters. The number of amides is 2. The van der Waals surface area contributed by atoms with E-state index in [0.717, 1.165) is 35.0 Å². The van der Waals surface area contributed by atoms with Gasteiger partial charge in [-0.3, -0.25) is 23.6 Å². The standard InChI is InChI=1S/C19H16F3N5O3/c1-26-9-11(8-25-26)7-24-17(29)15-5-12(16(23)28)10-27(18(15)30)14-4-2-3-13(6-14)19(20,21)22/h2-6,8-10H,7H2,1H3,(H2,23,28)(H,24,29). The van der Waals surface area contributed by atoms with Gasteiger partial charge in [-0.05, 0) is 24.3 Å². The lowest BCUT2D eigenvalue weighted by molar-refractivity contribution is -0.137.